The highest BCUT2D eigenvalue weighted by Gasteiger charge is 2.65. The average Bonchev–Trinajstić information content (AvgIpc) is 3.33. The number of epoxide rings is 1. The third-order valence-corrected chi connectivity index (χ3v) is 10.6. The van der Waals surface area contributed by atoms with Gasteiger partial charge in [-0.05, 0) is 105 Å². The first kappa shape index (κ1) is 21.5. The van der Waals surface area contributed by atoms with Crippen molar-refractivity contribution >= 4 is 0 Å². The van der Waals surface area contributed by atoms with E-state index in [1.165, 1.54) is 25.7 Å². The molecule has 30 heavy (non-hydrogen) atoms. The second-order valence-corrected chi connectivity index (χ2v) is 12.8. The molecule has 3 heteroatoms. The molecule has 0 aromatic heterocycles. The van der Waals surface area contributed by atoms with Gasteiger partial charge in [0.25, 0.3) is 0 Å². The molecule has 7 unspecified atom stereocenters. The van der Waals surface area contributed by atoms with Gasteiger partial charge in [0, 0.05) is 0 Å². The fourth-order valence-corrected chi connectivity index (χ4v) is 9.10. The molecule has 0 radical (unpaired) electrons. The van der Waals surface area contributed by atoms with E-state index in [2.05, 4.69) is 40.7 Å². The van der Waals surface area contributed by atoms with Crippen molar-refractivity contribution in [3.63, 3.8) is 0 Å². The highest BCUT2D eigenvalue weighted by molar-refractivity contribution is 5.26. The Hall–Kier alpha value is -0.380. The molecule has 3 saturated carbocycles. The first-order chi connectivity index (χ1) is 14.1. The van der Waals surface area contributed by atoms with E-state index in [1.54, 1.807) is 5.57 Å². The highest BCUT2D eigenvalue weighted by atomic mass is 16.6. The number of aliphatic hydroxyl groups is 2. The molecule has 0 amide bonds. The Labute approximate surface area is 183 Å². The zero-order valence-electron chi connectivity index (χ0n) is 19.9. The number of ether oxygens (including phenoxy) is 1. The quantitative estimate of drug-likeness (QED) is 0.470. The number of aliphatic hydroxyl groups excluding tert-OH is 1. The monoisotopic (exact) mass is 416 g/mol. The molecule has 0 aromatic rings. The highest BCUT2D eigenvalue weighted by Crippen LogP contribution is 2.68. The number of hydrogen-bond acceptors (Lipinski definition) is 3. The lowest BCUT2D eigenvalue weighted by Crippen LogP contribution is -2.54. The van der Waals surface area contributed by atoms with Crippen LogP contribution in [0.15, 0.2) is 11.6 Å². The topological polar surface area (TPSA) is 53.0 Å². The van der Waals surface area contributed by atoms with Crippen molar-refractivity contribution in [2.75, 3.05) is 0 Å². The van der Waals surface area contributed by atoms with Crippen LogP contribution in [-0.2, 0) is 4.74 Å². The molecule has 4 fully saturated rings. The zero-order valence-corrected chi connectivity index (χ0v) is 19.9. The summed E-state index contributed by atoms with van der Waals surface area (Å²) in [5.41, 5.74) is 1.38. The van der Waals surface area contributed by atoms with E-state index in [9.17, 15) is 10.2 Å². The maximum absolute atomic E-state index is 11.7. The Balaban J connectivity index is 1.37. The smallest absolute Gasteiger partial charge is 0.113 e. The fourth-order valence-electron chi connectivity index (χ4n) is 9.10. The van der Waals surface area contributed by atoms with Crippen LogP contribution in [-0.4, -0.2) is 34.1 Å². The molecule has 0 bridgehead atoms. The molecule has 10 atom stereocenters. The lowest BCUT2D eigenvalue weighted by molar-refractivity contribution is -0.110. The van der Waals surface area contributed by atoms with Crippen molar-refractivity contribution in [1.82, 2.24) is 0 Å². The molecule has 5 rings (SSSR count). The Morgan fingerprint density at radius 3 is 2.63 bits per heavy atom. The first-order valence-corrected chi connectivity index (χ1v) is 12.8. The minimum absolute atomic E-state index is 0.0356. The van der Waals surface area contributed by atoms with Crippen LogP contribution in [0, 0.1) is 40.4 Å². The van der Waals surface area contributed by atoms with Gasteiger partial charge >= 0.3 is 0 Å². The summed E-state index contributed by atoms with van der Waals surface area (Å²) in [7, 11) is 0. The standard InChI is InChI=1S/C27H44O3/c1-16(2)14-22-24(30-22)27(5,29)23-9-8-20-19-7-6-17-15-18(28)10-12-25(17,3)21(19)11-13-26(20,23)4/h6,16,18-24,28-29H,7-15H2,1-5H3/t18?,19?,20-,21-,22?,23-,24?,25?,26?,27?/m0/s1. The molecule has 2 N–H and O–H groups in total. The summed E-state index contributed by atoms with van der Waals surface area (Å²) >= 11 is 0. The van der Waals surface area contributed by atoms with Crippen molar-refractivity contribution < 1.29 is 14.9 Å². The third kappa shape index (κ3) is 3.09. The van der Waals surface area contributed by atoms with E-state index in [-0.39, 0.29) is 23.7 Å². The van der Waals surface area contributed by atoms with Crippen LogP contribution in [0.1, 0.15) is 92.4 Å². The van der Waals surface area contributed by atoms with Crippen molar-refractivity contribution in [2.24, 2.45) is 40.4 Å². The molecule has 0 aromatic carbocycles. The lowest BCUT2D eigenvalue weighted by Gasteiger charge is -2.58. The van der Waals surface area contributed by atoms with Crippen molar-refractivity contribution in [3.8, 4) is 0 Å². The van der Waals surface area contributed by atoms with E-state index in [0.29, 0.717) is 17.3 Å². The summed E-state index contributed by atoms with van der Waals surface area (Å²) in [5.74, 6) is 3.20. The Morgan fingerprint density at radius 1 is 1.13 bits per heavy atom. The van der Waals surface area contributed by atoms with E-state index in [0.717, 1.165) is 49.9 Å². The number of fused-ring (bicyclic) bond motifs is 5. The second kappa shape index (κ2) is 7.06. The third-order valence-electron chi connectivity index (χ3n) is 10.6. The number of allylic oxidation sites excluding steroid dienone is 1. The van der Waals surface area contributed by atoms with Gasteiger partial charge < -0.3 is 14.9 Å². The van der Waals surface area contributed by atoms with Gasteiger partial charge in [-0.3, -0.25) is 0 Å². The molecule has 4 aliphatic carbocycles. The summed E-state index contributed by atoms with van der Waals surface area (Å²) in [4.78, 5) is 0. The number of hydrogen-bond donors (Lipinski definition) is 2. The van der Waals surface area contributed by atoms with Crippen LogP contribution in [0.2, 0.25) is 0 Å². The molecule has 0 spiro atoms. The van der Waals surface area contributed by atoms with Gasteiger partial charge in [-0.25, -0.2) is 0 Å². The predicted molar refractivity (Wildman–Crippen MR) is 120 cm³/mol. The molecule has 1 saturated heterocycles. The molecule has 1 heterocycles. The summed E-state index contributed by atoms with van der Waals surface area (Å²) in [6.07, 6.45) is 12.9. The van der Waals surface area contributed by atoms with Gasteiger partial charge in [0.2, 0.25) is 0 Å². The molecule has 5 aliphatic rings. The van der Waals surface area contributed by atoms with Crippen LogP contribution in [0.25, 0.3) is 0 Å². The minimum Gasteiger partial charge on any atom is -0.393 e. The van der Waals surface area contributed by atoms with Gasteiger partial charge in [-0.2, -0.15) is 0 Å². The summed E-state index contributed by atoms with van der Waals surface area (Å²) in [6, 6.07) is 0. The van der Waals surface area contributed by atoms with E-state index >= 15 is 0 Å². The van der Waals surface area contributed by atoms with Gasteiger partial charge in [0.15, 0.2) is 0 Å². The Kier molecular flexibility index (Phi) is 5.05. The van der Waals surface area contributed by atoms with Gasteiger partial charge in [-0.1, -0.05) is 39.3 Å². The van der Waals surface area contributed by atoms with Crippen LogP contribution < -0.4 is 0 Å². The van der Waals surface area contributed by atoms with Crippen molar-refractivity contribution in [3.05, 3.63) is 11.6 Å². The van der Waals surface area contributed by atoms with Gasteiger partial charge in [0.1, 0.15) is 6.10 Å². The average molecular weight is 417 g/mol. The fraction of sp³-hybridized carbons (Fsp3) is 0.926. The summed E-state index contributed by atoms with van der Waals surface area (Å²) in [5, 5.41) is 22.0. The molecular formula is C27H44O3. The molecule has 170 valence electrons. The van der Waals surface area contributed by atoms with E-state index in [1.807, 2.05) is 0 Å². The van der Waals surface area contributed by atoms with Gasteiger partial charge in [0.05, 0.1) is 17.8 Å². The molecule has 3 nitrogen and oxygen atoms in total. The second-order valence-electron chi connectivity index (χ2n) is 12.8. The van der Waals surface area contributed by atoms with Crippen molar-refractivity contribution in [2.45, 2.75) is 116 Å². The minimum atomic E-state index is -0.704. The summed E-state index contributed by atoms with van der Waals surface area (Å²) < 4.78 is 6.05. The maximum atomic E-state index is 11.7. The normalized spacial score (nSPS) is 52.1. The maximum Gasteiger partial charge on any atom is 0.113 e. The zero-order chi connectivity index (χ0) is 21.5. The van der Waals surface area contributed by atoms with Crippen LogP contribution >= 0.6 is 0 Å². The molecular weight excluding hydrogens is 372 g/mol. The van der Waals surface area contributed by atoms with E-state index in [4.69, 9.17) is 4.74 Å². The van der Waals surface area contributed by atoms with E-state index < -0.39 is 5.60 Å². The Morgan fingerprint density at radius 2 is 1.90 bits per heavy atom. The van der Waals surface area contributed by atoms with Crippen LogP contribution in [0.3, 0.4) is 0 Å². The number of rotatable bonds is 4. The van der Waals surface area contributed by atoms with Crippen LogP contribution in [0.5, 0.6) is 0 Å². The largest absolute Gasteiger partial charge is 0.393 e. The lowest BCUT2D eigenvalue weighted by atomic mass is 9.46. The first-order valence-electron chi connectivity index (χ1n) is 12.8. The summed E-state index contributed by atoms with van der Waals surface area (Å²) in [6.45, 7) is 11.6. The molecule has 1 aliphatic heterocycles. The SMILES string of the molecule is CC(C)CC1OC1C(C)(O)[C@H]1CC[C@H]2C3CC=C4CC(O)CCC4(C)[C@H]3CCC12C. The Bertz CT molecular complexity index is 711. The van der Waals surface area contributed by atoms with Crippen molar-refractivity contribution in [1.29, 1.82) is 0 Å². The van der Waals surface area contributed by atoms with Gasteiger partial charge in [-0.15, -0.1) is 0 Å². The predicted octanol–water partition coefficient (Wildman–Crippen LogP) is 5.49. The van der Waals surface area contributed by atoms with Crippen LogP contribution in [0.4, 0.5) is 0 Å².